The van der Waals surface area contributed by atoms with E-state index in [1.807, 2.05) is 0 Å². The van der Waals surface area contributed by atoms with Crippen LogP contribution in [0.3, 0.4) is 0 Å². The summed E-state index contributed by atoms with van der Waals surface area (Å²) < 4.78 is 0. The van der Waals surface area contributed by atoms with Crippen molar-refractivity contribution in [3.63, 3.8) is 0 Å². The van der Waals surface area contributed by atoms with Crippen LogP contribution in [-0.2, 0) is 0 Å². The second-order valence-corrected chi connectivity index (χ2v) is 7.20. The Morgan fingerprint density at radius 2 is 1.70 bits per heavy atom. The Hall–Kier alpha value is -0.160. The van der Waals surface area contributed by atoms with Crippen LogP contribution in [0.4, 0.5) is 0 Å². The van der Waals surface area contributed by atoms with Gasteiger partial charge in [0.05, 0.1) is 0 Å². The maximum atomic E-state index is 2.75. The van der Waals surface area contributed by atoms with Crippen molar-refractivity contribution in [2.45, 2.75) is 31.8 Å². The number of rotatable bonds is 4. The molecule has 0 radical (unpaired) electrons. The molecule has 1 aliphatic carbocycles. The van der Waals surface area contributed by atoms with Gasteiger partial charge in [-0.3, -0.25) is 4.90 Å². The van der Waals surface area contributed by atoms with Crippen molar-refractivity contribution in [1.29, 1.82) is 0 Å². The fourth-order valence-corrected chi connectivity index (χ4v) is 3.98. The molecule has 0 bridgehead atoms. The molecule has 2 unspecified atom stereocenters. The summed E-state index contributed by atoms with van der Waals surface area (Å²) in [5.41, 5.74) is 0. The Morgan fingerprint density at radius 3 is 2.40 bits per heavy atom. The Morgan fingerprint density at radius 1 is 0.950 bits per heavy atom. The standard InChI is InChI=1S/C16H32N4/c1-4-15-13-19(8-7-18(15)3)12-14-11-16(14)20-9-5-17(2)6-10-20/h14-16H,4-13H2,1-3H3/t14-,15?,16?/m0/s1. The highest BCUT2D eigenvalue weighted by atomic mass is 15.3. The van der Waals surface area contributed by atoms with Gasteiger partial charge in [-0.1, -0.05) is 6.92 Å². The van der Waals surface area contributed by atoms with Gasteiger partial charge in [-0.25, -0.2) is 0 Å². The minimum absolute atomic E-state index is 0.782. The lowest BCUT2D eigenvalue weighted by Crippen LogP contribution is -2.52. The van der Waals surface area contributed by atoms with Crippen LogP contribution in [0.2, 0.25) is 0 Å². The van der Waals surface area contributed by atoms with E-state index in [4.69, 9.17) is 0 Å². The van der Waals surface area contributed by atoms with Crippen molar-refractivity contribution in [3.8, 4) is 0 Å². The highest BCUT2D eigenvalue weighted by Gasteiger charge is 2.43. The molecule has 0 N–H and O–H groups in total. The van der Waals surface area contributed by atoms with Crippen LogP contribution < -0.4 is 0 Å². The summed E-state index contributed by atoms with van der Waals surface area (Å²) in [7, 11) is 4.53. The molecule has 4 heteroatoms. The van der Waals surface area contributed by atoms with E-state index in [2.05, 4.69) is 40.6 Å². The third-order valence-electron chi connectivity index (χ3n) is 5.72. The lowest BCUT2D eigenvalue weighted by molar-refractivity contribution is 0.0841. The van der Waals surface area contributed by atoms with Gasteiger partial charge in [0, 0.05) is 64.4 Å². The van der Waals surface area contributed by atoms with Crippen molar-refractivity contribution in [2.24, 2.45) is 5.92 Å². The second kappa shape index (κ2) is 6.30. The summed E-state index contributed by atoms with van der Waals surface area (Å²) in [6.45, 7) is 12.6. The van der Waals surface area contributed by atoms with Gasteiger partial charge in [-0.2, -0.15) is 0 Å². The molecular formula is C16H32N4. The molecular weight excluding hydrogens is 248 g/mol. The molecule has 0 aromatic heterocycles. The van der Waals surface area contributed by atoms with Gasteiger partial charge in [0.1, 0.15) is 0 Å². The quantitative estimate of drug-likeness (QED) is 0.749. The van der Waals surface area contributed by atoms with Crippen molar-refractivity contribution in [3.05, 3.63) is 0 Å². The molecule has 0 aromatic carbocycles. The maximum absolute atomic E-state index is 2.75. The Kier molecular flexibility index (Phi) is 4.65. The van der Waals surface area contributed by atoms with Crippen molar-refractivity contribution in [1.82, 2.24) is 19.6 Å². The van der Waals surface area contributed by atoms with Crippen molar-refractivity contribution >= 4 is 0 Å². The van der Waals surface area contributed by atoms with Crippen LogP contribution in [0.1, 0.15) is 19.8 Å². The topological polar surface area (TPSA) is 13.0 Å². The van der Waals surface area contributed by atoms with Crippen molar-refractivity contribution < 1.29 is 0 Å². The molecule has 20 heavy (non-hydrogen) atoms. The molecule has 3 atom stereocenters. The Bertz CT molecular complexity index is 314. The summed E-state index contributed by atoms with van der Waals surface area (Å²) in [6, 6.07) is 1.69. The third kappa shape index (κ3) is 3.35. The maximum Gasteiger partial charge on any atom is 0.0218 e. The summed E-state index contributed by atoms with van der Waals surface area (Å²) in [5, 5.41) is 0. The molecule has 2 saturated heterocycles. The van der Waals surface area contributed by atoms with Crippen LogP contribution >= 0.6 is 0 Å². The highest BCUT2D eigenvalue weighted by molar-refractivity contribution is 4.98. The SMILES string of the molecule is CCC1CN(C[C@@H]2CC2N2CCN(C)CC2)CCN1C. The largest absolute Gasteiger partial charge is 0.304 e. The highest BCUT2D eigenvalue weighted by Crippen LogP contribution is 2.37. The van der Waals surface area contributed by atoms with Crippen LogP contribution in [0, 0.1) is 5.92 Å². The Labute approximate surface area is 124 Å². The van der Waals surface area contributed by atoms with E-state index < -0.39 is 0 Å². The van der Waals surface area contributed by atoms with Crippen LogP contribution in [0.15, 0.2) is 0 Å². The van der Waals surface area contributed by atoms with Crippen LogP contribution in [0.5, 0.6) is 0 Å². The number of hydrogen-bond acceptors (Lipinski definition) is 4. The molecule has 3 fully saturated rings. The van der Waals surface area contributed by atoms with Crippen molar-refractivity contribution in [2.75, 3.05) is 66.5 Å². The van der Waals surface area contributed by atoms with E-state index in [1.54, 1.807) is 0 Å². The second-order valence-electron chi connectivity index (χ2n) is 7.20. The lowest BCUT2D eigenvalue weighted by Gasteiger charge is -2.39. The minimum atomic E-state index is 0.782. The molecule has 2 heterocycles. The molecule has 3 rings (SSSR count). The summed E-state index contributed by atoms with van der Waals surface area (Å²) in [6.07, 6.45) is 2.74. The first-order valence-electron chi connectivity index (χ1n) is 8.52. The molecule has 0 spiro atoms. The first kappa shape index (κ1) is 14.8. The smallest absolute Gasteiger partial charge is 0.0218 e. The van der Waals surface area contributed by atoms with E-state index in [0.717, 1.165) is 18.0 Å². The van der Waals surface area contributed by atoms with Gasteiger partial charge < -0.3 is 14.7 Å². The van der Waals surface area contributed by atoms with E-state index in [1.165, 1.54) is 65.2 Å². The summed E-state index contributed by atoms with van der Waals surface area (Å²) in [4.78, 5) is 10.5. The van der Waals surface area contributed by atoms with Gasteiger partial charge in [0.25, 0.3) is 0 Å². The average molecular weight is 280 g/mol. The predicted octanol–water partition coefficient (Wildman–Crippen LogP) is 0.648. The average Bonchev–Trinajstić information content (AvgIpc) is 3.21. The van der Waals surface area contributed by atoms with Gasteiger partial charge in [0.2, 0.25) is 0 Å². The number of likely N-dealkylation sites (N-methyl/N-ethyl adjacent to an activating group) is 2. The number of hydrogen-bond donors (Lipinski definition) is 0. The van der Waals surface area contributed by atoms with E-state index in [9.17, 15) is 0 Å². The fourth-order valence-electron chi connectivity index (χ4n) is 3.98. The van der Waals surface area contributed by atoms with Gasteiger partial charge >= 0.3 is 0 Å². The zero-order valence-electron chi connectivity index (χ0n) is 13.6. The molecule has 0 aromatic rings. The summed E-state index contributed by atoms with van der Waals surface area (Å²) >= 11 is 0. The molecule has 3 aliphatic rings. The van der Waals surface area contributed by atoms with E-state index >= 15 is 0 Å². The van der Waals surface area contributed by atoms with Gasteiger partial charge in [-0.05, 0) is 32.9 Å². The lowest BCUT2D eigenvalue weighted by atomic mass is 10.1. The summed E-state index contributed by atoms with van der Waals surface area (Å²) in [5.74, 6) is 0.958. The monoisotopic (exact) mass is 280 g/mol. The Balaban J connectivity index is 1.42. The number of nitrogens with zero attached hydrogens (tertiary/aromatic N) is 4. The van der Waals surface area contributed by atoms with Gasteiger partial charge in [0.15, 0.2) is 0 Å². The molecule has 116 valence electrons. The van der Waals surface area contributed by atoms with Gasteiger partial charge in [-0.15, -0.1) is 0 Å². The first-order chi connectivity index (χ1) is 9.67. The number of piperazine rings is 2. The minimum Gasteiger partial charge on any atom is -0.304 e. The van der Waals surface area contributed by atoms with E-state index in [0.29, 0.717) is 0 Å². The molecule has 4 nitrogen and oxygen atoms in total. The van der Waals surface area contributed by atoms with Crippen LogP contribution in [-0.4, -0.2) is 98.1 Å². The van der Waals surface area contributed by atoms with Crippen LogP contribution in [0.25, 0.3) is 0 Å². The zero-order chi connectivity index (χ0) is 14.1. The predicted molar refractivity (Wildman–Crippen MR) is 84.1 cm³/mol. The third-order valence-corrected chi connectivity index (χ3v) is 5.72. The zero-order valence-corrected chi connectivity index (χ0v) is 13.6. The van der Waals surface area contributed by atoms with E-state index in [-0.39, 0.29) is 0 Å². The fraction of sp³-hybridized carbons (Fsp3) is 1.00. The first-order valence-corrected chi connectivity index (χ1v) is 8.52. The molecule has 1 saturated carbocycles. The molecule has 0 amide bonds. The normalized spacial score (nSPS) is 38.2. The molecule has 2 aliphatic heterocycles.